The van der Waals surface area contributed by atoms with E-state index in [1.807, 2.05) is 12.1 Å². The number of hydrogen-bond acceptors (Lipinski definition) is 6. The lowest BCUT2D eigenvalue weighted by atomic mass is 10.1. The number of esters is 1. The fraction of sp³-hybridized carbons (Fsp3) is 0.571. The average Bonchev–Trinajstić information content (AvgIpc) is 2.67. The zero-order chi connectivity index (χ0) is 21.5. The van der Waals surface area contributed by atoms with Crippen LogP contribution in [0.15, 0.2) is 24.3 Å². The third-order valence-corrected chi connectivity index (χ3v) is 4.07. The zero-order valence-electron chi connectivity index (χ0n) is 17.3. The molecule has 1 aliphatic rings. The number of amides is 1. The van der Waals surface area contributed by atoms with Gasteiger partial charge < -0.3 is 19.9 Å². The summed E-state index contributed by atoms with van der Waals surface area (Å²) in [4.78, 5) is 33.5. The van der Waals surface area contributed by atoms with Gasteiger partial charge in [0.15, 0.2) is 6.61 Å². The molecular formula is C21H32N2O6. The van der Waals surface area contributed by atoms with Crippen LogP contribution >= 0.6 is 0 Å². The number of nitrogens with zero attached hydrogens (tertiary/aromatic N) is 1. The summed E-state index contributed by atoms with van der Waals surface area (Å²) in [7, 11) is 0. The number of nitrogens with one attached hydrogen (secondary N) is 1. The number of aliphatic carboxylic acids is 1. The first-order valence-corrected chi connectivity index (χ1v) is 9.90. The van der Waals surface area contributed by atoms with Gasteiger partial charge in [0.05, 0.1) is 6.61 Å². The van der Waals surface area contributed by atoms with Crippen molar-refractivity contribution in [3.05, 3.63) is 29.8 Å². The van der Waals surface area contributed by atoms with Gasteiger partial charge in [-0.1, -0.05) is 18.6 Å². The Balaban J connectivity index is 0.000000960. The van der Waals surface area contributed by atoms with Crippen molar-refractivity contribution in [2.75, 3.05) is 32.8 Å². The first-order valence-electron chi connectivity index (χ1n) is 9.90. The van der Waals surface area contributed by atoms with Gasteiger partial charge in [-0.2, -0.15) is 0 Å². The molecule has 2 rings (SSSR count). The van der Waals surface area contributed by atoms with Crippen molar-refractivity contribution in [1.29, 1.82) is 0 Å². The fourth-order valence-electron chi connectivity index (χ4n) is 2.82. The van der Waals surface area contributed by atoms with Crippen molar-refractivity contribution in [1.82, 2.24) is 10.2 Å². The van der Waals surface area contributed by atoms with E-state index in [2.05, 4.69) is 27.1 Å². The van der Waals surface area contributed by atoms with Gasteiger partial charge in [-0.05, 0) is 50.0 Å². The summed E-state index contributed by atoms with van der Waals surface area (Å²) in [5.74, 6) is -0.720. The molecule has 0 aliphatic carbocycles. The lowest BCUT2D eigenvalue weighted by Crippen LogP contribution is -2.30. The number of ether oxygens (including phenoxy) is 2. The van der Waals surface area contributed by atoms with Gasteiger partial charge in [0, 0.05) is 26.9 Å². The molecule has 1 aromatic carbocycles. The number of carbonyl (C=O) groups is 3. The Morgan fingerprint density at radius 1 is 1.14 bits per heavy atom. The molecule has 1 aromatic rings. The molecule has 1 heterocycles. The minimum absolute atomic E-state index is 0.227. The Hall–Kier alpha value is -2.61. The summed E-state index contributed by atoms with van der Waals surface area (Å²) in [5.41, 5.74) is 1.27. The minimum atomic E-state index is -0.833. The van der Waals surface area contributed by atoms with Gasteiger partial charge in [-0.15, -0.1) is 0 Å². The number of rotatable bonds is 9. The van der Waals surface area contributed by atoms with E-state index >= 15 is 0 Å². The largest absolute Gasteiger partial charge is 0.494 e. The molecule has 0 spiro atoms. The van der Waals surface area contributed by atoms with Gasteiger partial charge in [0.25, 0.3) is 11.9 Å². The number of benzene rings is 1. The van der Waals surface area contributed by atoms with Crippen molar-refractivity contribution in [3.63, 3.8) is 0 Å². The number of carboxylic acid groups (broad SMARTS) is 1. The topological polar surface area (TPSA) is 105 Å². The van der Waals surface area contributed by atoms with Crippen LogP contribution in [0, 0.1) is 0 Å². The number of likely N-dealkylation sites (tertiary alicyclic amines) is 1. The van der Waals surface area contributed by atoms with Gasteiger partial charge in [-0.3, -0.25) is 19.3 Å². The van der Waals surface area contributed by atoms with Crippen molar-refractivity contribution < 1.29 is 29.0 Å². The molecule has 0 bridgehead atoms. The Kier molecular flexibility index (Phi) is 12.1. The van der Waals surface area contributed by atoms with E-state index in [0.717, 1.165) is 19.2 Å². The molecule has 2 N–H and O–H groups in total. The SMILES string of the molecule is CC(=O)O.CC(=O)OCC(=O)NCCCOc1cccc(CN2CCCCC2)c1. The van der Waals surface area contributed by atoms with Gasteiger partial charge in [0.1, 0.15) is 5.75 Å². The number of carboxylic acids is 1. The molecular weight excluding hydrogens is 376 g/mol. The summed E-state index contributed by atoms with van der Waals surface area (Å²) < 4.78 is 10.4. The fourth-order valence-corrected chi connectivity index (χ4v) is 2.82. The van der Waals surface area contributed by atoms with E-state index in [-0.39, 0.29) is 12.5 Å². The van der Waals surface area contributed by atoms with Crippen LogP contribution in [0.2, 0.25) is 0 Å². The highest BCUT2D eigenvalue weighted by atomic mass is 16.5. The molecule has 162 valence electrons. The molecule has 8 nitrogen and oxygen atoms in total. The van der Waals surface area contributed by atoms with Crippen molar-refractivity contribution in [3.8, 4) is 5.75 Å². The molecule has 0 aromatic heterocycles. The van der Waals surface area contributed by atoms with Crippen molar-refractivity contribution in [2.24, 2.45) is 0 Å². The summed E-state index contributed by atoms with van der Waals surface area (Å²) in [6.45, 7) is 6.49. The molecule has 1 saturated heterocycles. The Morgan fingerprint density at radius 2 is 1.83 bits per heavy atom. The number of piperidine rings is 1. The second-order valence-electron chi connectivity index (χ2n) is 6.84. The normalized spacial score (nSPS) is 13.6. The van der Waals surface area contributed by atoms with E-state index in [1.54, 1.807) is 0 Å². The van der Waals surface area contributed by atoms with Gasteiger partial charge in [-0.25, -0.2) is 0 Å². The Morgan fingerprint density at radius 3 is 2.48 bits per heavy atom. The number of hydrogen-bond donors (Lipinski definition) is 2. The third-order valence-electron chi connectivity index (χ3n) is 4.07. The second kappa shape index (κ2) is 14.4. The molecule has 0 saturated carbocycles. The van der Waals surface area contributed by atoms with Crippen LogP contribution in [0.25, 0.3) is 0 Å². The van der Waals surface area contributed by atoms with Crippen LogP contribution in [0.4, 0.5) is 0 Å². The van der Waals surface area contributed by atoms with Crippen LogP contribution in [0.1, 0.15) is 45.1 Å². The molecule has 0 radical (unpaired) electrons. The molecule has 1 aliphatic heterocycles. The quantitative estimate of drug-likeness (QED) is 0.477. The van der Waals surface area contributed by atoms with Crippen LogP contribution in [0.5, 0.6) is 5.75 Å². The molecule has 8 heteroatoms. The monoisotopic (exact) mass is 408 g/mol. The first-order chi connectivity index (χ1) is 13.9. The molecule has 0 unspecified atom stereocenters. The van der Waals surface area contributed by atoms with Crippen LogP contribution < -0.4 is 10.1 Å². The highest BCUT2D eigenvalue weighted by Gasteiger charge is 2.10. The van der Waals surface area contributed by atoms with E-state index in [4.69, 9.17) is 14.6 Å². The lowest BCUT2D eigenvalue weighted by Gasteiger charge is -2.26. The Labute approximate surface area is 172 Å². The highest BCUT2D eigenvalue weighted by Crippen LogP contribution is 2.17. The predicted octanol–water partition coefficient (Wildman–Crippen LogP) is 2.21. The van der Waals surface area contributed by atoms with Crippen molar-refractivity contribution >= 4 is 17.8 Å². The summed E-state index contributed by atoms with van der Waals surface area (Å²) in [5, 5.41) is 10.1. The highest BCUT2D eigenvalue weighted by molar-refractivity contribution is 5.79. The van der Waals surface area contributed by atoms with Crippen LogP contribution in [0.3, 0.4) is 0 Å². The minimum Gasteiger partial charge on any atom is -0.494 e. The number of carbonyl (C=O) groups excluding carboxylic acids is 2. The Bertz CT molecular complexity index is 640. The maximum absolute atomic E-state index is 11.4. The zero-order valence-corrected chi connectivity index (χ0v) is 17.3. The summed E-state index contributed by atoms with van der Waals surface area (Å²) in [6.07, 6.45) is 4.62. The molecule has 0 atom stereocenters. The third kappa shape index (κ3) is 13.2. The molecule has 29 heavy (non-hydrogen) atoms. The van der Waals surface area contributed by atoms with E-state index in [0.29, 0.717) is 19.6 Å². The maximum Gasteiger partial charge on any atom is 0.303 e. The predicted molar refractivity (Wildman–Crippen MR) is 109 cm³/mol. The lowest BCUT2D eigenvalue weighted by molar-refractivity contribution is -0.146. The maximum atomic E-state index is 11.4. The van der Waals surface area contributed by atoms with E-state index in [1.165, 1.54) is 44.8 Å². The summed E-state index contributed by atoms with van der Waals surface area (Å²) >= 11 is 0. The molecule has 1 fully saturated rings. The second-order valence-corrected chi connectivity index (χ2v) is 6.84. The molecule has 1 amide bonds. The van der Waals surface area contributed by atoms with Gasteiger partial charge >= 0.3 is 5.97 Å². The van der Waals surface area contributed by atoms with Crippen molar-refractivity contribution in [2.45, 2.75) is 46.1 Å². The average molecular weight is 408 g/mol. The van der Waals surface area contributed by atoms with E-state index < -0.39 is 11.9 Å². The van der Waals surface area contributed by atoms with Crippen LogP contribution in [-0.4, -0.2) is 60.7 Å². The first kappa shape index (κ1) is 24.4. The van der Waals surface area contributed by atoms with Crippen LogP contribution in [-0.2, 0) is 25.7 Å². The van der Waals surface area contributed by atoms with Gasteiger partial charge in [0.2, 0.25) is 0 Å². The van der Waals surface area contributed by atoms with E-state index in [9.17, 15) is 9.59 Å². The standard InChI is InChI=1S/C19H28N2O4.C2H4O2/c1-16(22)25-15-19(23)20-9-6-12-24-18-8-5-7-17(13-18)14-21-10-3-2-4-11-21;1-2(3)4/h5,7-8,13H,2-4,6,9-12,14-15H2,1H3,(H,20,23);1H3,(H,3,4). The smallest absolute Gasteiger partial charge is 0.303 e. The summed E-state index contributed by atoms with van der Waals surface area (Å²) in [6, 6.07) is 8.21.